The number of carbonyl (C=O) groups excluding carboxylic acids is 2. The first-order valence-corrected chi connectivity index (χ1v) is 8.97. The number of piperidine rings is 1. The second-order valence-corrected chi connectivity index (χ2v) is 8.57. The second-order valence-electron chi connectivity index (χ2n) is 8.57. The summed E-state index contributed by atoms with van der Waals surface area (Å²) in [5.41, 5.74) is 0.116. The average molecular weight is 323 g/mol. The van der Waals surface area contributed by atoms with Gasteiger partial charge in [-0.15, -0.1) is 0 Å². The van der Waals surface area contributed by atoms with Crippen LogP contribution >= 0.6 is 0 Å². The molecule has 2 aliphatic heterocycles. The first-order valence-electron chi connectivity index (χ1n) is 8.97. The van der Waals surface area contributed by atoms with Gasteiger partial charge in [-0.2, -0.15) is 0 Å². The van der Waals surface area contributed by atoms with Crippen molar-refractivity contribution in [1.82, 2.24) is 15.1 Å². The summed E-state index contributed by atoms with van der Waals surface area (Å²) in [4.78, 5) is 28.4. The number of hydrogen-bond donors (Lipinski definition) is 1. The molecule has 0 aromatic rings. The monoisotopic (exact) mass is 323 g/mol. The van der Waals surface area contributed by atoms with Crippen molar-refractivity contribution in [3.8, 4) is 0 Å². The van der Waals surface area contributed by atoms with Crippen molar-refractivity contribution >= 4 is 11.8 Å². The van der Waals surface area contributed by atoms with Gasteiger partial charge in [-0.3, -0.25) is 9.59 Å². The van der Waals surface area contributed by atoms with Crippen LogP contribution in [0.5, 0.6) is 0 Å². The Balaban J connectivity index is 1.91. The zero-order valence-electron chi connectivity index (χ0n) is 15.4. The Kier molecular flexibility index (Phi) is 5.39. The van der Waals surface area contributed by atoms with E-state index in [2.05, 4.69) is 39.9 Å². The Bertz CT molecular complexity index is 443. The van der Waals surface area contributed by atoms with E-state index in [1.165, 1.54) is 0 Å². The van der Waals surface area contributed by atoms with Crippen LogP contribution in [0.3, 0.4) is 0 Å². The molecule has 2 rings (SSSR count). The minimum absolute atomic E-state index is 0.0579. The molecule has 2 amide bonds. The van der Waals surface area contributed by atoms with Gasteiger partial charge >= 0.3 is 0 Å². The summed E-state index contributed by atoms with van der Waals surface area (Å²) in [6, 6.07) is 0. The van der Waals surface area contributed by atoms with Gasteiger partial charge in [0.2, 0.25) is 11.8 Å². The van der Waals surface area contributed by atoms with Crippen LogP contribution in [0.1, 0.15) is 60.3 Å². The molecular formula is C18H33N3O2. The number of rotatable bonds is 4. The third-order valence-corrected chi connectivity index (χ3v) is 4.90. The van der Waals surface area contributed by atoms with Gasteiger partial charge < -0.3 is 15.1 Å². The molecular weight excluding hydrogens is 290 g/mol. The first kappa shape index (κ1) is 18.2. The molecule has 0 unspecified atom stereocenters. The van der Waals surface area contributed by atoms with Crippen LogP contribution in [0.25, 0.3) is 0 Å². The summed E-state index contributed by atoms with van der Waals surface area (Å²) in [6.07, 6.45) is 3.55. The van der Waals surface area contributed by atoms with E-state index in [9.17, 15) is 9.59 Å². The predicted molar refractivity (Wildman–Crippen MR) is 92.1 cm³/mol. The Morgan fingerprint density at radius 3 is 2.30 bits per heavy atom. The number of carbonyl (C=O) groups is 2. The molecule has 2 heterocycles. The van der Waals surface area contributed by atoms with Crippen LogP contribution in [0.4, 0.5) is 0 Å². The van der Waals surface area contributed by atoms with E-state index in [1.54, 1.807) is 4.90 Å². The number of hydrogen-bond acceptors (Lipinski definition) is 3. The highest BCUT2D eigenvalue weighted by atomic mass is 16.2. The molecule has 23 heavy (non-hydrogen) atoms. The minimum Gasteiger partial charge on any atom is -0.339 e. The summed E-state index contributed by atoms with van der Waals surface area (Å²) in [5.74, 6) is 0.628. The van der Waals surface area contributed by atoms with Crippen LogP contribution in [0, 0.1) is 5.92 Å². The van der Waals surface area contributed by atoms with Crippen molar-refractivity contribution in [2.45, 2.75) is 71.4 Å². The number of piperazine rings is 1. The summed E-state index contributed by atoms with van der Waals surface area (Å²) in [7, 11) is 0. The highest BCUT2D eigenvalue weighted by molar-refractivity contribution is 5.86. The molecule has 2 saturated heterocycles. The summed E-state index contributed by atoms with van der Waals surface area (Å²) < 4.78 is 0. The lowest BCUT2D eigenvalue weighted by Gasteiger charge is -2.47. The van der Waals surface area contributed by atoms with Gasteiger partial charge in [0.05, 0.1) is 6.54 Å². The van der Waals surface area contributed by atoms with Crippen LogP contribution in [-0.2, 0) is 9.59 Å². The fourth-order valence-electron chi connectivity index (χ4n) is 4.48. The molecule has 0 aliphatic carbocycles. The SMILES string of the molecule is CCCN1CCN(C(=O)CC2CC(C)(C)NC(C)(C)C2)CC1=O. The Morgan fingerprint density at radius 2 is 1.78 bits per heavy atom. The third kappa shape index (κ3) is 4.93. The van der Waals surface area contributed by atoms with Crippen LogP contribution < -0.4 is 5.32 Å². The molecule has 0 aromatic heterocycles. The predicted octanol–water partition coefficient (Wildman–Crippen LogP) is 2.01. The normalized spacial score (nSPS) is 24.8. The zero-order chi connectivity index (χ0) is 17.3. The lowest BCUT2D eigenvalue weighted by Crippen LogP contribution is -2.58. The quantitative estimate of drug-likeness (QED) is 0.861. The van der Waals surface area contributed by atoms with Crippen molar-refractivity contribution in [2.24, 2.45) is 5.92 Å². The number of amides is 2. The maximum atomic E-state index is 12.6. The van der Waals surface area contributed by atoms with E-state index in [1.807, 2.05) is 4.90 Å². The van der Waals surface area contributed by atoms with Gasteiger partial charge in [0, 0.05) is 37.1 Å². The van der Waals surface area contributed by atoms with Gasteiger partial charge in [-0.05, 0) is 52.9 Å². The van der Waals surface area contributed by atoms with E-state index < -0.39 is 0 Å². The van der Waals surface area contributed by atoms with Crippen molar-refractivity contribution in [3.63, 3.8) is 0 Å². The van der Waals surface area contributed by atoms with Crippen LogP contribution in [0.15, 0.2) is 0 Å². The van der Waals surface area contributed by atoms with Crippen molar-refractivity contribution in [3.05, 3.63) is 0 Å². The number of nitrogens with one attached hydrogen (secondary N) is 1. The largest absolute Gasteiger partial charge is 0.339 e. The molecule has 132 valence electrons. The van der Waals surface area contributed by atoms with Gasteiger partial charge in [-0.25, -0.2) is 0 Å². The number of nitrogens with zero attached hydrogens (tertiary/aromatic N) is 2. The van der Waals surface area contributed by atoms with Gasteiger partial charge in [-0.1, -0.05) is 6.92 Å². The smallest absolute Gasteiger partial charge is 0.242 e. The highest BCUT2D eigenvalue weighted by Gasteiger charge is 2.39. The molecule has 5 heteroatoms. The minimum atomic E-state index is 0.0579. The third-order valence-electron chi connectivity index (χ3n) is 4.90. The van der Waals surface area contributed by atoms with E-state index in [-0.39, 0.29) is 29.4 Å². The van der Waals surface area contributed by atoms with E-state index in [4.69, 9.17) is 0 Å². The van der Waals surface area contributed by atoms with Gasteiger partial charge in [0.25, 0.3) is 0 Å². The average Bonchev–Trinajstić information content (AvgIpc) is 2.37. The van der Waals surface area contributed by atoms with Crippen LogP contribution in [0.2, 0.25) is 0 Å². The Labute approximate surface area is 140 Å². The molecule has 0 aromatic carbocycles. The van der Waals surface area contributed by atoms with Crippen molar-refractivity contribution in [2.75, 3.05) is 26.2 Å². The molecule has 0 atom stereocenters. The molecule has 0 radical (unpaired) electrons. The van der Waals surface area contributed by atoms with Gasteiger partial charge in [0.1, 0.15) is 0 Å². The topological polar surface area (TPSA) is 52.6 Å². The maximum Gasteiger partial charge on any atom is 0.242 e. The molecule has 0 bridgehead atoms. The lowest BCUT2D eigenvalue weighted by atomic mass is 9.74. The Hall–Kier alpha value is -1.10. The zero-order valence-corrected chi connectivity index (χ0v) is 15.4. The Morgan fingerprint density at radius 1 is 1.17 bits per heavy atom. The summed E-state index contributed by atoms with van der Waals surface area (Å²) >= 11 is 0. The first-order chi connectivity index (χ1) is 10.6. The van der Waals surface area contributed by atoms with E-state index >= 15 is 0 Å². The van der Waals surface area contributed by atoms with Crippen molar-refractivity contribution < 1.29 is 9.59 Å². The summed E-state index contributed by atoms with van der Waals surface area (Å²) in [5, 5.41) is 3.66. The molecule has 0 spiro atoms. The molecule has 2 fully saturated rings. The lowest BCUT2D eigenvalue weighted by molar-refractivity contribution is -0.146. The van der Waals surface area contributed by atoms with Crippen LogP contribution in [-0.4, -0.2) is 58.9 Å². The van der Waals surface area contributed by atoms with E-state index in [0.29, 0.717) is 25.4 Å². The van der Waals surface area contributed by atoms with Crippen molar-refractivity contribution in [1.29, 1.82) is 0 Å². The molecule has 1 N–H and O–H groups in total. The fraction of sp³-hybridized carbons (Fsp3) is 0.889. The molecule has 5 nitrogen and oxygen atoms in total. The van der Waals surface area contributed by atoms with Gasteiger partial charge in [0.15, 0.2) is 0 Å². The highest BCUT2D eigenvalue weighted by Crippen LogP contribution is 2.35. The fourth-order valence-corrected chi connectivity index (χ4v) is 4.48. The maximum absolute atomic E-state index is 12.6. The van der Waals surface area contributed by atoms with E-state index in [0.717, 1.165) is 25.8 Å². The molecule has 2 aliphatic rings. The second kappa shape index (κ2) is 6.80. The standard InChI is InChI=1S/C18H33N3O2/c1-6-7-20-8-9-21(13-16(20)23)15(22)10-14-11-17(2,3)19-18(4,5)12-14/h14,19H,6-13H2,1-5H3. The summed E-state index contributed by atoms with van der Waals surface area (Å²) in [6.45, 7) is 13.3. The molecule has 0 saturated carbocycles.